The van der Waals surface area contributed by atoms with Crippen molar-refractivity contribution in [2.75, 3.05) is 6.61 Å². The van der Waals surface area contributed by atoms with E-state index in [1.807, 2.05) is 50.3 Å². The SMILES string of the molecule is C/C=C/COCc1ccc(C(C)C(=O)NN)cc1. The van der Waals surface area contributed by atoms with Gasteiger partial charge in [-0.25, -0.2) is 5.84 Å². The lowest BCUT2D eigenvalue weighted by Crippen LogP contribution is -2.33. The summed E-state index contributed by atoms with van der Waals surface area (Å²) < 4.78 is 5.44. The summed E-state index contributed by atoms with van der Waals surface area (Å²) in [4.78, 5) is 11.4. The predicted octanol–water partition coefficient (Wildman–Crippen LogP) is 1.87. The highest BCUT2D eigenvalue weighted by Gasteiger charge is 2.13. The van der Waals surface area contributed by atoms with Crippen molar-refractivity contribution >= 4 is 5.91 Å². The zero-order valence-corrected chi connectivity index (χ0v) is 10.8. The maximum atomic E-state index is 11.4. The predicted molar refractivity (Wildman–Crippen MR) is 71.7 cm³/mol. The summed E-state index contributed by atoms with van der Waals surface area (Å²) in [5.41, 5.74) is 4.18. The fourth-order valence-corrected chi connectivity index (χ4v) is 1.52. The van der Waals surface area contributed by atoms with Crippen LogP contribution in [0.2, 0.25) is 0 Å². The molecule has 1 aromatic carbocycles. The van der Waals surface area contributed by atoms with Gasteiger partial charge < -0.3 is 4.74 Å². The van der Waals surface area contributed by atoms with Gasteiger partial charge in [-0.1, -0.05) is 36.4 Å². The van der Waals surface area contributed by atoms with Crippen molar-refractivity contribution in [1.29, 1.82) is 0 Å². The fourth-order valence-electron chi connectivity index (χ4n) is 1.52. The van der Waals surface area contributed by atoms with Crippen molar-refractivity contribution in [1.82, 2.24) is 5.43 Å². The number of carbonyl (C=O) groups excluding carboxylic acids is 1. The van der Waals surface area contributed by atoms with Crippen LogP contribution in [0.4, 0.5) is 0 Å². The molecule has 0 spiro atoms. The molecule has 0 heterocycles. The van der Waals surface area contributed by atoms with Gasteiger partial charge in [-0.3, -0.25) is 10.2 Å². The highest BCUT2D eigenvalue weighted by molar-refractivity contribution is 5.82. The summed E-state index contributed by atoms with van der Waals surface area (Å²) >= 11 is 0. The summed E-state index contributed by atoms with van der Waals surface area (Å²) in [6.45, 7) is 4.97. The van der Waals surface area contributed by atoms with Gasteiger partial charge in [0.05, 0.1) is 19.1 Å². The lowest BCUT2D eigenvalue weighted by atomic mass is 9.99. The van der Waals surface area contributed by atoms with E-state index >= 15 is 0 Å². The normalized spacial score (nSPS) is 12.6. The van der Waals surface area contributed by atoms with Gasteiger partial charge in [0.25, 0.3) is 0 Å². The van der Waals surface area contributed by atoms with E-state index in [0.29, 0.717) is 13.2 Å². The third-order valence-electron chi connectivity index (χ3n) is 2.73. The van der Waals surface area contributed by atoms with Crippen LogP contribution >= 0.6 is 0 Å². The van der Waals surface area contributed by atoms with Gasteiger partial charge in [-0.05, 0) is 25.0 Å². The molecular weight excluding hydrogens is 228 g/mol. The fraction of sp³-hybridized carbons (Fsp3) is 0.357. The molecule has 4 heteroatoms. The molecule has 0 saturated heterocycles. The maximum absolute atomic E-state index is 11.4. The molecule has 0 aliphatic heterocycles. The summed E-state index contributed by atoms with van der Waals surface area (Å²) in [6.07, 6.45) is 3.91. The van der Waals surface area contributed by atoms with Crippen molar-refractivity contribution in [3.8, 4) is 0 Å². The van der Waals surface area contributed by atoms with E-state index in [1.165, 1.54) is 0 Å². The van der Waals surface area contributed by atoms with E-state index in [2.05, 4.69) is 5.43 Å². The molecule has 0 bridgehead atoms. The molecule has 1 atom stereocenters. The van der Waals surface area contributed by atoms with Crippen LogP contribution in [-0.4, -0.2) is 12.5 Å². The van der Waals surface area contributed by atoms with Crippen LogP contribution in [-0.2, 0) is 16.1 Å². The van der Waals surface area contributed by atoms with Crippen molar-refractivity contribution in [2.45, 2.75) is 26.4 Å². The number of allylic oxidation sites excluding steroid dienone is 1. The second kappa shape index (κ2) is 7.63. The average Bonchev–Trinajstić information content (AvgIpc) is 2.42. The molecule has 0 aliphatic carbocycles. The number of rotatable bonds is 6. The molecule has 0 radical (unpaired) electrons. The number of amides is 1. The van der Waals surface area contributed by atoms with E-state index in [4.69, 9.17) is 10.6 Å². The molecule has 1 amide bonds. The molecule has 0 aromatic heterocycles. The third-order valence-corrected chi connectivity index (χ3v) is 2.73. The number of carbonyl (C=O) groups is 1. The first-order valence-corrected chi connectivity index (χ1v) is 5.97. The Kier molecular flexibility index (Phi) is 6.11. The van der Waals surface area contributed by atoms with Crippen molar-refractivity contribution < 1.29 is 9.53 Å². The van der Waals surface area contributed by atoms with Crippen molar-refractivity contribution in [3.63, 3.8) is 0 Å². The maximum Gasteiger partial charge on any atom is 0.241 e. The number of hydrogen-bond donors (Lipinski definition) is 2. The molecule has 0 saturated carbocycles. The third kappa shape index (κ3) is 4.31. The smallest absolute Gasteiger partial charge is 0.241 e. The van der Waals surface area contributed by atoms with Crippen LogP contribution in [0.5, 0.6) is 0 Å². The number of hydrazine groups is 1. The van der Waals surface area contributed by atoms with Gasteiger partial charge in [0.2, 0.25) is 5.91 Å². The Labute approximate surface area is 108 Å². The Morgan fingerprint density at radius 1 is 1.44 bits per heavy atom. The summed E-state index contributed by atoms with van der Waals surface area (Å²) in [6, 6.07) is 7.78. The zero-order valence-electron chi connectivity index (χ0n) is 10.8. The largest absolute Gasteiger partial charge is 0.373 e. The first-order chi connectivity index (χ1) is 8.69. The van der Waals surface area contributed by atoms with Crippen molar-refractivity contribution in [3.05, 3.63) is 47.5 Å². The Morgan fingerprint density at radius 3 is 2.67 bits per heavy atom. The highest BCUT2D eigenvalue weighted by atomic mass is 16.5. The Balaban J connectivity index is 2.54. The van der Waals surface area contributed by atoms with E-state index in [0.717, 1.165) is 11.1 Å². The molecule has 98 valence electrons. The number of nitrogens with one attached hydrogen (secondary N) is 1. The molecule has 1 unspecified atom stereocenters. The summed E-state index contributed by atoms with van der Waals surface area (Å²) in [7, 11) is 0. The number of ether oxygens (including phenoxy) is 1. The molecule has 4 nitrogen and oxygen atoms in total. The van der Waals surface area contributed by atoms with Gasteiger partial charge in [0.15, 0.2) is 0 Å². The minimum absolute atomic E-state index is 0.188. The summed E-state index contributed by atoms with van der Waals surface area (Å²) in [5.74, 6) is 4.68. The minimum Gasteiger partial charge on any atom is -0.373 e. The zero-order chi connectivity index (χ0) is 13.4. The van der Waals surface area contributed by atoms with Crippen LogP contribution in [0, 0.1) is 0 Å². The molecule has 0 fully saturated rings. The van der Waals surface area contributed by atoms with Crippen LogP contribution < -0.4 is 11.3 Å². The van der Waals surface area contributed by atoms with Gasteiger partial charge in [0.1, 0.15) is 0 Å². The molecule has 3 N–H and O–H groups in total. The molecular formula is C14H20N2O2. The summed E-state index contributed by atoms with van der Waals surface area (Å²) in [5, 5.41) is 0. The quantitative estimate of drug-likeness (QED) is 0.265. The minimum atomic E-state index is -0.243. The molecule has 1 rings (SSSR count). The van der Waals surface area contributed by atoms with Gasteiger partial charge >= 0.3 is 0 Å². The lowest BCUT2D eigenvalue weighted by molar-refractivity contribution is -0.122. The number of nitrogens with two attached hydrogens (primary N) is 1. The monoisotopic (exact) mass is 248 g/mol. The first-order valence-electron chi connectivity index (χ1n) is 5.97. The standard InChI is InChI=1S/C14H20N2O2/c1-3-4-9-18-10-12-5-7-13(8-6-12)11(2)14(17)16-15/h3-8,11H,9-10,15H2,1-2H3,(H,16,17)/b4-3+. The van der Waals surface area contributed by atoms with E-state index < -0.39 is 0 Å². The van der Waals surface area contributed by atoms with Crippen LogP contribution in [0.25, 0.3) is 0 Å². The Morgan fingerprint density at radius 2 is 2.11 bits per heavy atom. The van der Waals surface area contributed by atoms with Gasteiger partial charge in [-0.15, -0.1) is 0 Å². The molecule has 0 aliphatic rings. The lowest BCUT2D eigenvalue weighted by Gasteiger charge is -2.10. The van der Waals surface area contributed by atoms with Gasteiger partial charge in [-0.2, -0.15) is 0 Å². The molecule has 18 heavy (non-hydrogen) atoms. The first kappa shape index (κ1) is 14.4. The van der Waals surface area contributed by atoms with E-state index in [-0.39, 0.29) is 11.8 Å². The Hall–Kier alpha value is -1.65. The number of benzene rings is 1. The molecule has 1 aromatic rings. The Bertz CT molecular complexity index is 399. The van der Waals surface area contributed by atoms with Crippen molar-refractivity contribution in [2.24, 2.45) is 5.84 Å². The van der Waals surface area contributed by atoms with Crippen LogP contribution in [0.15, 0.2) is 36.4 Å². The van der Waals surface area contributed by atoms with Gasteiger partial charge in [0, 0.05) is 0 Å². The van der Waals surface area contributed by atoms with Crippen LogP contribution in [0.3, 0.4) is 0 Å². The number of hydrogen-bond acceptors (Lipinski definition) is 3. The second-order valence-corrected chi connectivity index (χ2v) is 4.06. The van der Waals surface area contributed by atoms with E-state index in [1.54, 1.807) is 0 Å². The highest BCUT2D eigenvalue weighted by Crippen LogP contribution is 2.16. The van der Waals surface area contributed by atoms with Crippen LogP contribution in [0.1, 0.15) is 30.9 Å². The second-order valence-electron chi connectivity index (χ2n) is 4.06. The average molecular weight is 248 g/mol. The topological polar surface area (TPSA) is 64.3 Å². The van der Waals surface area contributed by atoms with E-state index in [9.17, 15) is 4.79 Å².